The third-order valence-electron chi connectivity index (χ3n) is 1.56. The highest BCUT2D eigenvalue weighted by atomic mass is 16.1. The standard InChI is InChI=1S/C10H8N2O/c11-7-6-9(10(12)13)8-4-2-1-3-5-8/h1-6H,(H2,12,13). The normalized spacial score (nSPS) is 10.5. The molecule has 13 heavy (non-hydrogen) atoms. The van der Waals surface area contributed by atoms with Gasteiger partial charge in [-0.2, -0.15) is 5.26 Å². The monoisotopic (exact) mass is 172 g/mol. The topological polar surface area (TPSA) is 66.9 Å². The third-order valence-corrected chi connectivity index (χ3v) is 1.56. The van der Waals surface area contributed by atoms with Crippen LogP contribution in [0.3, 0.4) is 0 Å². The molecule has 0 bridgehead atoms. The first-order valence-electron chi connectivity index (χ1n) is 3.70. The second kappa shape index (κ2) is 4.07. The third kappa shape index (κ3) is 2.17. The van der Waals surface area contributed by atoms with E-state index in [1.807, 2.05) is 6.07 Å². The van der Waals surface area contributed by atoms with E-state index in [1.54, 1.807) is 30.3 Å². The van der Waals surface area contributed by atoms with Gasteiger partial charge in [-0.1, -0.05) is 30.3 Å². The number of nitriles is 1. The van der Waals surface area contributed by atoms with Crippen LogP contribution in [0.2, 0.25) is 0 Å². The molecule has 0 aliphatic carbocycles. The van der Waals surface area contributed by atoms with Crippen molar-refractivity contribution in [2.75, 3.05) is 0 Å². The number of primary amides is 1. The van der Waals surface area contributed by atoms with Crippen molar-refractivity contribution in [3.05, 3.63) is 42.0 Å². The Morgan fingerprint density at radius 1 is 1.38 bits per heavy atom. The number of benzene rings is 1. The zero-order valence-corrected chi connectivity index (χ0v) is 6.90. The summed E-state index contributed by atoms with van der Waals surface area (Å²) in [6, 6.07) is 10.6. The van der Waals surface area contributed by atoms with Crippen LogP contribution < -0.4 is 5.73 Å². The minimum atomic E-state index is -0.590. The number of nitrogens with zero attached hydrogens (tertiary/aromatic N) is 1. The van der Waals surface area contributed by atoms with Crippen molar-refractivity contribution in [3.63, 3.8) is 0 Å². The predicted octanol–water partition coefficient (Wildman–Crippen LogP) is 1.08. The first-order chi connectivity index (χ1) is 6.25. The zero-order chi connectivity index (χ0) is 9.68. The summed E-state index contributed by atoms with van der Waals surface area (Å²) in [5, 5.41) is 8.41. The van der Waals surface area contributed by atoms with Gasteiger partial charge in [0.2, 0.25) is 5.91 Å². The van der Waals surface area contributed by atoms with Crippen LogP contribution in [0, 0.1) is 11.3 Å². The van der Waals surface area contributed by atoms with E-state index in [0.717, 1.165) is 6.08 Å². The van der Waals surface area contributed by atoms with Gasteiger partial charge in [0.1, 0.15) is 0 Å². The van der Waals surface area contributed by atoms with E-state index >= 15 is 0 Å². The van der Waals surface area contributed by atoms with E-state index in [0.29, 0.717) is 5.56 Å². The van der Waals surface area contributed by atoms with Crippen molar-refractivity contribution in [1.82, 2.24) is 0 Å². The lowest BCUT2D eigenvalue weighted by Gasteiger charge is -1.99. The molecule has 2 N–H and O–H groups in total. The molecule has 0 aliphatic rings. The van der Waals surface area contributed by atoms with E-state index in [1.165, 1.54) is 0 Å². The van der Waals surface area contributed by atoms with E-state index in [9.17, 15) is 4.79 Å². The van der Waals surface area contributed by atoms with Crippen molar-refractivity contribution >= 4 is 11.5 Å². The fraction of sp³-hybridized carbons (Fsp3) is 0. The van der Waals surface area contributed by atoms with E-state index in [4.69, 9.17) is 11.0 Å². The average molecular weight is 172 g/mol. The molecular weight excluding hydrogens is 164 g/mol. The lowest BCUT2D eigenvalue weighted by atomic mass is 10.1. The van der Waals surface area contributed by atoms with Crippen molar-refractivity contribution < 1.29 is 4.79 Å². The Balaban J connectivity index is 3.13. The number of hydrogen-bond donors (Lipinski definition) is 1. The van der Waals surface area contributed by atoms with Crippen LogP contribution >= 0.6 is 0 Å². The molecule has 0 saturated heterocycles. The van der Waals surface area contributed by atoms with Gasteiger partial charge in [0.05, 0.1) is 11.6 Å². The number of rotatable bonds is 2. The van der Waals surface area contributed by atoms with Gasteiger partial charge in [-0.05, 0) is 5.56 Å². The van der Waals surface area contributed by atoms with Crippen LogP contribution in [0.25, 0.3) is 5.57 Å². The number of amides is 1. The molecule has 3 heteroatoms. The fourth-order valence-corrected chi connectivity index (χ4v) is 0.979. The molecule has 64 valence electrons. The van der Waals surface area contributed by atoms with Crippen LogP contribution in [-0.4, -0.2) is 5.91 Å². The molecule has 0 radical (unpaired) electrons. The van der Waals surface area contributed by atoms with Gasteiger partial charge >= 0.3 is 0 Å². The van der Waals surface area contributed by atoms with Gasteiger partial charge in [0.15, 0.2) is 0 Å². The lowest BCUT2D eigenvalue weighted by molar-refractivity contribution is -0.112. The van der Waals surface area contributed by atoms with E-state index < -0.39 is 5.91 Å². The summed E-state index contributed by atoms with van der Waals surface area (Å²) in [5.41, 5.74) is 6.00. The maximum atomic E-state index is 10.9. The molecule has 3 nitrogen and oxygen atoms in total. The Morgan fingerprint density at radius 3 is 2.46 bits per heavy atom. The van der Waals surface area contributed by atoms with Crippen molar-refractivity contribution in [1.29, 1.82) is 5.26 Å². The fourth-order valence-electron chi connectivity index (χ4n) is 0.979. The van der Waals surface area contributed by atoms with Gasteiger partial charge in [-0.15, -0.1) is 0 Å². The summed E-state index contributed by atoms with van der Waals surface area (Å²) < 4.78 is 0. The van der Waals surface area contributed by atoms with Gasteiger partial charge in [-0.3, -0.25) is 4.79 Å². The van der Waals surface area contributed by atoms with Gasteiger partial charge in [-0.25, -0.2) is 0 Å². The van der Waals surface area contributed by atoms with Gasteiger partial charge in [0, 0.05) is 6.08 Å². The summed E-state index contributed by atoms with van der Waals surface area (Å²) in [6.07, 6.45) is 1.15. The highest BCUT2D eigenvalue weighted by Gasteiger charge is 2.06. The zero-order valence-electron chi connectivity index (χ0n) is 6.90. The summed E-state index contributed by atoms with van der Waals surface area (Å²) >= 11 is 0. The molecule has 0 fully saturated rings. The molecule has 1 aromatic carbocycles. The minimum Gasteiger partial charge on any atom is -0.366 e. The maximum Gasteiger partial charge on any atom is 0.250 e. The van der Waals surface area contributed by atoms with E-state index in [-0.39, 0.29) is 5.57 Å². The highest BCUT2D eigenvalue weighted by Crippen LogP contribution is 2.12. The van der Waals surface area contributed by atoms with Crippen molar-refractivity contribution in [2.45, 2.75) is 0 Å². The molecule has 1 aromatic rings. The molecule has 0 spiro atoms. The molecule has 1 amide bonds. The highest BCUT2D eigenvalue weighted by molar-refractivity contribution is 6.19. The molecule has 0 unspecified atom stereocenters. The molecule has 0 saturated carbocycles. The maximum absolute atomic E-state index is 10.9. The lowest BCUT2D eigenvalue weighted by Crippen LogP contribution is -2.12. The Labute approximate surface area is 76.1 Å². The molecule has 0 aliphatic heterocycles. The molecule has 1 rings (SSSR count). The first kappa shape index (κ1) is 9.01. The Morgan fingerprint density at radius 2 is 2.00 bits per heavy atom. The second-order valence-corrected chi connectivity index (χ2v) is 2.42. The van der Waals surface area contributed by atoms with Crippen molar-refractivity contribution in [3.8, 4) is 6.07 Å². The number of allylic oxidation sites excluding steroid dienone is 1. The average Bonchev–Trinajstić information content (AvgIpc) is 2.15. The van der Waals surface area contributed by atoms with Gasteiger partial charge in [0.25, 0.3) is 0 Å². The Kier molecular flexibility index (Phi) is 2.82. The molecular formula is C10H8N2O. The van der Waals surface area contributed by atoms with Crippen LogP contribution in [0.5, 0.6) is 0 Å². The number of carbonyl (C=O) groups is 1. The molecule has 0 atom stereocenters. The van der Waals surface area contributed by atoms with Crippen LogP contribution in [-0.2, 0) is 4.79 Å². The Bertz CT molecular complexity index is 374. The predicted molar refractivity (Wildman–Crippen MR) is 49.2 cm³/mol. The molecule has 0 aromatic heterocycles. The van der Waals surface area contributed by atoms with Crippen LogP contribution in [0.4, 0.5) is 0 Å². The Hall–Kier alpha value is -2.08. The van der Waals surface area contributed by atoms with Crippen LogP contribution in [0.15, 0.2) is 36.4 Å². The van der Waals surface area contributed by atoms with Crippen molar-refractivity contribution in [2.24, 2.45) is 5.73 Å². The minimum absolute atomic E-state index is 0.239. The number of hydrogen-bond acceptors (Lipinski definition) is 2. The summed E-state index contributed by atoms with van der Waals surface area (Å²) in [7, 11) is 0. The van der Waals surface area contributed by atoms with E-state index in [2.05, 4.69) is 0 Å². The summed E-state index contributed by atoms with van der Waals surface area (Å²) in [6.45, 7) is 0. The second-order valence-electron chi connectivity index (χ2n) is 2.42. The molecule has 0 heterocycles. The first-order valence-corrected chi connectivity index (χ1v) is 3.70. The SMILES string of the molecule is N#CC=C(C(N)=O)c1ccccc1. The number of nitrogens with two attached hydrogens (primary N) is 1. The summed E-state index contributed by atoms with van der Waals surface area (Å²) in [5.74, 6) is -0.590. The smallest absolute Gasteiger partial charge is 0.250 e. The van der Waals surface area contributed by atoms with Crippen LogP contribution in [0.1, 0.15) is 5.56 Å². The number of carbonyl (C=O) groups excluding carboxylic acids is 1. The van der Waals surface area contributed by atoms with Gasteiger partial charge < -0.3 is 5.73 Å². The summed E-state index contributed by atoms with van der Waals surface area (Å²) in [4.78, 5) is 10.9. The largest absolute Gasteiger partial charge is 0.366 e. The quantitative estimate of drug-likeness (QED) is 0.535.